The second-order valence-electron chi connectivity index (χ2n) is 7.88. The third kappa shape index (κ3) is 5.67. The fraction of sp³-hybridized carbons (Fsp3) is 0.409. The van der Waals surface area contributed by atoms with Crippen LogP contribution in [0.15, 0.2) is 56.4 Å². The second kappa shape index (κ2) is 10.3. The van der Waals surface area contributed by atoms with Crippen LogP contribution >= 0.6 is 0 Å². The molecule has 10 nitrogen and oxygen atoms in total. The number of carbonyl (C=O) groups excluding carboxylic acids is 1. The van der Waals surface area contributed by atoms with Crippen molar-refractivity contribution < 1.29 is 22.0 Å². The SMILES string of the molecule is CCCN(CC(=O)Nc1cccc(S(=O)(=O)N2CCCC2)c1)Cc1nnc(-c2ccco2)o1. The van der Waals surface area contributed by atoms with E-state index in [2.05, 4.69) is 15.5 Å². The molecule has 33 heavy (non-hydrogen) atoms. The summed E-state index contributed by atoms with van der Waals surface area (Å²) < 4.78 is 38.0. The molecule has 1 saturated heterocycles. The molecule has 11 heteroatoms. The molecule has 1 fully saturated rings. The number of furan rings is 1. The normalized spacial score (nSPS) is 14.7. The molecule has 2 aromatic heterocycles. The zero-order valence-corrected chi connectivity index (χ0v) is 19.3. The number of sulfonamides is 1. The molecule has 1 N–H and O–H groups in total. The molecule has 0 spiro atoms. The third-order valence-electron chi connectivity index (χ3n) is 5.29. The number of nitrogens with one attached hydrogen (secondary N) is 1. The van der Waals surface area contributed by atoms with Gasteiger partial charge in [-0.3, -0.25) is 9.69 Å². The first kappa shape index (κ1) is 23.1. The summed E-state index contributed by atoms with van der Waals surface area (Å²) >= 11 is 0. The number of anilines is 1. The summed E-state index contributed by atoms with van der Waals surface area (Å²) in [6.45, 7) is 4.12. The Morgan fingerprint density at radius 3 is 2.73 bits per heavy atom. The summed E-state index contributed by atoms with van der Waals surface area (Å²) in [7, 11) is -3.55. The van der Waals surface area contributed by atoms with Crippen LogP contribution in [0.2, 0.25) is 0 Å². The highest BCUT2D eigenvalue weighted by Gasteiger charge is 2.27. The van der Waals surface area contributed by atoms with Gasteiger partial charge in [-0.1, -0.05) is 13.0 Å². The summed E-state index contributed by atoms with van der Waals surface area (Å²) in [5.41, 5.74) is 0.439. The molecule has 3 heterocycles. The topological polar surface area (TPSA) is 122 Å². The number of nitrogens with zero attached hydrogens (tertiary/aromatic N) is 4. The van der Waals surface area contributed by atoms with Crippen molar-refractivity contribution >= 4 is 21.6 Å². The van der Waals surface area contributed by atoms with Gasteiger partial charge in [0, 0.05) is 18.8 Å². The van der Waals surface area contributed by atoms with Gasteiger partial charge in [-0.15, -0.1) is 10.2 Å². The Bertz CT molecular complexity index is 1170. The minimum atomic E-state index is -3.55. The van der Waals surface area contributed by atoms with Crippen molar-refractivity contribution in [3.63, 3.8) is 0 Å². The van der Waals surface area contributed by atoms with Crippen molar-refractivity contribution in [2.24, 2.45) is 0 Å². The molecule has 4 rings (SSSR count). The molecule has 0 unspecified atom stereocenters. The standard InChI is InChI=1S/C22H27N5O5S/c1-2-10-26(16-21-24-25-22(32-21)19-9-6-13-31-19)15-20(28)23-17-7-5-8-18(14-17)33(29,30)27-11-3-4-12-27/h5-9,13-14H,2-4,10-12,15-16H2,1H3,(H,23,28). The molecular formula is C22H27N5O5S. The van der Waals surface area contributed by atoms with Gasteiger partial charge in [-0.25, -0.2) is 8.42 Å². The number of rotatable bonds is 10. The predicted octanol–water partition coefficient (Wildman–Crippen LogP) is 2.96. The zero-order chi connectivity index (χ0) is 23.3. The van der Waals surface area contributed by atoms with E-state index in [1.165, 1.54) is 16.6 Å². The molecular weight excluding hydrogens is 446 g/mol. The number of aromatic nitrogens is 2. The molecule has 1 amide bonds. The molecule has 176 valence electrons. The second-order valence-corrected chi connectivity index (χ2v) is 9.81. The highest BCUT2D eigenvalue weighted by Crippen LogP contribution is 2.23. The van der Waals surface area contributed by atoms with Gasteiger partial charge < -0.3 is 14.2 Å². The Balaban J connectivity index is 1.39. The van der Waals surface area contributed by atoms with E-state index in [1.54, 1.807) is 30.3 Å². The van der Waals surface area contributed by atoms with Crippen molar-refractivity contribution in [1.29, 1.82) is 0 Å². The summed E-state index contributed by atoms with van der Waals surface area (Å²) in [6, 6.07) is 9.84. The number of hydrogen-bond donors (Lipinski definition) is 1. The first-order valence-electron chi connectivity index (χ1n) is 10.9. The number of hydrogen-bond acceptors (Lipinski definition) is 8. The van der Waals surface area contributed by atoms with E-state index in [0.717, 1.165) is 19.3 Å². The largest absolute Gasteiger partial charge is 0.459 e. The van der Waals surface area contributed by atoms with E-state index in [0.29, 0.717) is 43.5 Å². The van der Waals surface area contributed by atoms with Crippen LogP contribution in [0.25, 0.3) is 11.7 Å². The average Bonchev–Trinajstić information content (AvgIpc) is 3.56. The van der Waals surface area contributed by atoms with Crippen LogP contribution in [0, 0.1) is 0 Å². The van der Waals surface area contributed by atoms with Crippen LogP contribution < -0.4 is 5.32 Å². The lowest BCUT2D eigenvalue weighted by Gasteiger charge is -2.19. The van der Waals surface area contributed by atoms with Gasteiger partial charge in [-0.2, -0.15) is 4.31 Å². The average molecular weight is 474 g/mol. The molecule has 1 aromatic carbocycles. The fourth-order valence-electron chi connectivity index (χ4n) is 3.75. The lowest BCUT2D eigenvalue weighted by Crippen LogP contribution is -2.33. The van der Waals surface area contributed by atoms with Crippen molar-refractivity contribution in [1.82, 2.24) is 19.4 Å². The molecule has 3 aromatic rings. The minimum Gasteiger partial charge on any atom is -0.459 e. The molecule has 1 aliphatic rings. The molecule has 1 aliphatic heterocycles. The van der Waals surface area contributed by atoms with Gasteiger partial charge in [0.2, 0.25) is 21.8 Å². The van der Waals surface area contributed by atoms with Crippen LogP contribution in [-0.4, -0.2) is 59.9 Å². The predicted molar refractivity (Wildman–Crippen MR) is 121 cm³/mol. The lowest BCUT2D eigenvalue weighted by atomic mass is 10.3. The molecule has 0 atom stereocenters. The lowest BCUT2D eigenvalue weighted by molar-refractivity contribution is -0.117. The van der Waals surface area contributed by atoms with Crippen molar-refractivity contribution in [2.75, 3.05) is 31.5 Å². The summed E-state index contributed by atoms with van der Waals surface area (Å²) in [6.07, 6.45) is 4.09. The molecule has 0 aliphatic carbocycles. The van der Waals surface area contributed by atoms with Crippen molar-refractivity contribution in [3.8, 4) is 11.7 Å². The smallest absolute Gasteiger partial charge is 0.283 e. The maximum atomic E-state index is 12.8. The highest BCUT2D eigenvalue weighted by atomic mass is 32.2. The Hall–Kier alpha value is -3.02. The maximum absolute atomic E-state index is 12.8. The van der Waals surface area contributed by atoms with Crippen LogP contribution in [0.4, 0.5) is 5.69 Å². The van der Waals surface area contributed by atoms with Crippen LogP contribution in [0.3, 0.4) is 0 Å². The van der Waals surface area contributed by atoms with E-state index in [1.807, 2.05) is 11.8 Å². The minimum absolute atomic E-state index is 0.0927. The van der Waals surface area contributed by atoms with Gasteiger partial charge in [0.1, 0.15) is 0 Å². The van der Waals surface area contributed by atoms with Crippen LogP contribution in [-0.2, 0) is 21.4 Å². The Morgan fingerprint density at radius 1 is 1.18 bits per heavy atom. The quantitative estimate of drug-likeness (QED) is 0.477. The fourth-order valence-corrected chi connectivity index (χ4v) is 5.32. The number of amides is 1. The zero-order valence-electron chi connectivity index (χ0n) is 18.4. The van der Waals surface area contributed by atoms with E-state index < -0.39 is 10.0 Å². The third-order valence-corrected chi connectivity index (χ3v) is 7.18. The molecule has 0 saturated carbocycles. The number of carbonyl (C=O) groups is 1. The molecule has 0 bridgehead atoms. The Morgan fingerprint density at radius 2 is 2.00 bits per heavy atom. The van der Waals surface area contributed by atoms with Gasteiger partial charge >= 0.3 is 0 Å². The summed E-state index contributed by atoms with van der Waals surface area (Å²) in [5, 5.41) is 10.8. The van der Waals surface area contributed by atoms with Gasteiger partial charge in [0.25, 0.3) is 5.89 Å². The van der Waals surface area contributed by atoms with E-state index >= 15 is 0 Å². The van der Waals surface area contributed by atoms with Crippen molar-refractivity contribution in [2.45, 2.75) is 37.6 Å². The van der Waals surface area contributed by atoms with Crippen molar-refractivity contribution in [3.05, 3.63) is 48.6 Å². The first-order valence-corrected chi connectivity index (χ1v) is 12.4. The monoisotopic (exact) mass is 473 g/mol. The van der Waals surface area contributed by atoms with Crippen LogP contribution in [0.1, 0.15) is 32.1 Å². The Labute approximate surface area is 192 Å². The molecule has 0 radical (unpaired) electrons. The Kier molecular flexibility index (Phi) is 7.21. The van der Waals surface area contributed by atoms with E-state index in [-0.39, 0.29) is 23.2 Å². The van der Waals surface area contributed by atoms with Gasteiger partial charge in [0.05, 0.1) is 24.2 Å². The van der Waals surface area contributed by atoms with Crippen LogP contribution in [0.5, 0.6) is 0 Å². The summed E-state index contributed by atoms with van der Waals surface area (Å²) in [5.74, 6) is 0.885. The number of benzene rings is 1. The van der Waals surface area contributed by atoms with E-state index in [4.69, 9.17) is 8.83 Å². The first-order chi connectivity index (χ1) is 16.0. The highest BCUT2D eigenvalue weighted by molar-refractivity contribution is 7.89. The van der Waals surface area contributed by atoms with E-state index in [9.17, 15) is 13.2 Å². The van der Waals surface area contributed by atoms with Gasteiger partial charge in [0.15, 0.2) is 5.76 Å². The maximum Gasteiger partial charge on any atom is 0.283 e. The summed E-state index contributed by atoms with van der Waals surface area (Å²) in [4.78, 5) is 14.8. The van der Waals surface area contributed by atoms with Gasteiger partial charge in [-0.05, 0) is 56.1 Å².